The van der Waals surface area contributed by atoms with E-state index < -0.39 is 16.7 Å². The van der Waals surface area contributed by atoms with E-state index in [-0.39, 0.29) is 11.4 Å². The van der Waals surface area contributed by atoms with Gasteiger partial charge in [-0.25, -0.2) is 0 Å². The van der Waals surface area contributed by atoms with Crippen molar-refractivity contribution in [3.63, 3.8) is 0 Å². The fraction of sp³-hybridized carbons (Fsp3) is 0.154. The predicted octanol–water partition coefficient (Wildman–Crippen LogP) is 5.04. The molecule has 174 valence electrons. The van der Waals surface area contributed by atoms with Crippen molar-refractivity contribution in [1.29, 1.82) is 0 Å². The Bertz CT molecular complexity index is 1170. The fourth-order valence-corrected chi connectivity index (χ4v) is 2.90. The maximum Gasteiger partial charge on any atom is 0.272 e. The summed E-state index contributed by atoms with van der Waals surface area (Å²) < 4.78 is 5.64. The Morgan fingerprint density at radius 2 is 1.62 bits per heavy atom. The number of carbonyl (C=O) groups is 2. The number of ether oxygens (including phenoxy) is 1. The number of hydrogen-bond acceptors (Lipinski definition) is 5. The molecule has 3 aromatic rings. The van der Waals surface area contributed by atoms with Crippen LogP contribution in [0.25, 0.3) is 6.08 Å². The minimum atomic E-state index is -0.567. The fourth-order valence-electron chi connectivity index (χ4n) is 2.90. The van der Waals surface area contributed by atoms with E-state index in [1.165, 1.54) is 24.3 Å². The monoisotopic (exact) mass is 459 g/mol. The SMILES string of the molecule is CC(C)COc1ccc(C(=O)N/C(=C/c2ccccc2)C(=O)Nc2ccc([N+](=O)[O-])cc2)cc1. The molecular weight excluding hydrogens is 434 g/mol. The lowest BCUT2D eigenvalue weighted by molar-refractivity contribution is -0.384. The number of amides is 2. The van der Waals surface area contributed by atoms with Gasteiger partial charge in [0.15, 0.2) is 0 Å². The second kappa shape index (κ2) is 11.4. The average molecular weight is 460 g/mol. The number of rotatable bonds is 9. The van der Waals surface area contributed by atoms with E-state index in [0.29, 0.717) is 35.1 Å². The van der Waals surface area contributed by atoms with Gasteiger partial charge in [0.1, 0.15) is 11.4 Å². The van der Waals surface area contributed by atoms with Crippen molar-refractivity contribution in [2.24, 2.45) is 5.92 Å². The van der Waals surface area contributed by atoms with Crippen LogP contribution in [0.3, 0.4) is 0 Å². The summed E-state index contributed by atoms with van der Waals surface area (Å²) in [4.78, 5) is 36.1. The molecule has 3 rings (SSSR count). The zero-order chi connectivity index (χ0) is 24.5. The third-order valence-electron chi connectivity index (χ3n) is 4.64. The number of carbonyl (C=O) groups excluding carboxylic acids is 2. The Hall–Kier alpha value is -4.46. The molecular formula is C26H25N3O5. The lowest BCUT2D eigenvalue weighted by Crippen LogP contribution is -2.30. The molecule has 0 atom stereocenters. The number of nitro groups is 1. The second-order valence-corrected chi connectivity index (χ2v) is 7.91. The van der Waals surface area contributed by atoms with Gasteiger partial charge in [0, 0.05) is 23.4 Å². The molecule has 34 heavy (non-hydrogen) atoms. The lowest BCUT2D eigenvalue weighted by Gasteiger charge is -2.12. The molecule has 0 aromatic heterocycles. The van der Waals surface area contributed by atoms with Crippen molar-refractivity contribution in [3.05, 3.63) is 106 Å². The molecule has 0 fully saturated rings. The molecule has 0 saturated carbocycles. The summed E-state index contributed by atoms with van der Waals surface area (Å²) in [6.07, 6.45) is 1.55. The van der Waals surface area contributed by atoms with Crippen molar-refractivity contribution < 1.29 is 19.2 Å². The van der Waals surface area contributed by atoms with Gasteiger partial charge in [-0.15, -0.1) is 0 Å². The van der Waals surface area contributed by atoms with Crippen LogP contribution in [0.5, 0.6) is 5.75 Å². The molecule has 2 N–H and O–H groups in total. The summed E-state index contributed by atoms with van der Waals surface area (Å²) in [5, 5.41) is 16.2. The second-order valence-electron chi connectivity index (χ2n) is 7.91. The number of nitrogens with one attached hydrogen (secondary N) is 2. The predicted molar refractivity (Wildman–Crippen MR) is 130 cm³/mol. The van der Waals surface area contributed by atoms with Gasteiger partial charge >= 0.3 is 0 Å². The smallest absolute Gasteiger partial charge is 0.272 e. The van der Waals surface area contributed by atoms with Gasteiger partial charge < -0.3 is 15.4 Å². The highest BCUT2D eigenvalue weighted by Crippen LogP contribution is 2.17. The first-order chi connectivity index (χ1) is 16.3. The molecule has 3 aromatic carbocycles. The Labute approximate surface area is 197 Å². The molecule has 0 unspecified atom stereocenters. The molecule has 8 heteroatoms. The summed E-state index contributed by atoms with van der Waals surface area (Å²) in [7, 11) is 0. The maximum atomic E-state index is 13.0. The highest BCUT2D eigenvalue weighted by Gasteiger charge is 2.16. The summed E-state index contributed by atoms with van der Waals surface area (Å²) in [6.45, 7) is 4.66. The van der Waals surface area contributed by atoms with Crippen molar-refractivity contribution in [2.75, 3.05) is 11.9 Å². The Morgan fingerprint density at radius 1 is 0.971 bits per heavy atom. The summed E-state index contributed by atoms with van der Waals surface area (Å²) in [5.74, 6) is 0.00326. The molecule has 0 spiro atoms. The number of nitro benzene ring substituents is 1. The number of hydrogen-bond donors (Lipinski definition) is 2. The topological polar surface area (TPSA) is 111 Å². The van der Waals surface area contributed by atoms with E-state index in [0.717, 1.165) is 0 Å². The first kappa shape index (κ1) is 24.2. The third-order valence-corrected chi connectivity index (χ3v) is 4.64. The highest BCUT2D eigenvalue weighted by molar-refractivity contribution is 6.10. The zero-order valence-electron chi connectivity index (χ0n) is 18.9. The van der Waals surface area contributed by atoms with Crippen LogP contribution in [0.1, 0.15) is 29.8 Å². The Balaban J connectivity index is 1.77. The largest absolute Gasteiger partial charge is 0.493 e. The number of benzene rings is 3. The molecule has 0 bridgehead atoms. The maximum absolute atomic E-state index is 13.0. The van der Waals surface area contributed by atoms with Crippen LogP contribution in [0.4, 0.5) is 11.4 Å². The molecule has 2 amide bonds. The first-order valence-corrected chi connectivity index (χ1v) is 10.7. The van der Waals surface area contributed by atoms with Gasteiger partial charge in [-0.1, -0.05) is 44.2 Å². The standard InChI is InChI=1S/C26H25N3O5/c1-18(2)17-34-23-14-8-20(9-15-23)25(30)28-24(16-19-6-4-3-5-7-19)26(31)27-21-10-12-22(13-11-21)29(32)33/h3-16,18H,17H2,1-2H3,(H,27,31)(H,28,30)/b24-16+. The van der Waals surface area contributed by atoms with Crippen LogP contribution in [0.2, 0.25) is 0 Å². The summed E-state index contributed by atoms with van der Waals surface area (Å²) in [6, 6.07) is 21.2. The van der Waals surface area contributed by atoms with E-state index in [1.54, 1.807) is 42.5 Å². The summed E-state index contributed by atoms with van der Waals surface area (Å²) >= 11 is 0. The molecule has 0 aliphatic heterocycles. The van der Waals surface area contributed by atoms with Gasteiger partial charge in [0.05, 0.1) is 11.5 Å². The highest BCUT2D eigenvalue weighted by atomic mass is 16.6. The molecule has 0 heterocycles. The molecule has 0 aliphatic carbocycles. The Morgan fingerprint density at radius 3 is 2.21 bits per heavy atom. The van der Waals surface area contributed by atoms with Crippen LogP contribution in [-0.4, -0.2) is 23.3 Å². The average Bonchev–Trinajstić information content (AvgIpc) is 2.83. The van der Waals surface area contributed by atoms with E-state index in [9.17, 15) is 19.7 Å². The molecule has 8 nitrogen and oxygen atoms in total. The zero-order valence-corrected chi connectivity index (χ0v) is 18.9. The van der Waals surface area contributed by atoms with Gasteiger partial charge in [0.2, 0.25) is 0 Å². The third kappa shape index (κ3) is 7.03. The van der Waals surface area contributed by atoms with Crippen LogP contribution in [0, 0.1) is 16.0 Å². The minimum absolute atomic E-state index is 0.0229. The van der Waals surface area contributed by atoms with Gasteiger partial charge in [-0.05, 0) is 54.0 Å². The van der Waals surface area contributed by atoms with E-state index >= 15 is 0 Å². The molecule has 0 aliphatic rings. The summed E-state index contributed by atoms with van der Waals surface area (Å²) in [5.41, 5.74) is 1.37. The van der Waals surface area contributed by atoms with Crippen molar-refractivity contribution in [1.82, 2.24) is 5.32 Å². The quantitative estimate of drug-likeness (QED) is 0.265. The van der Waals surface area contributed by atoms with E-state index in [1.807, 2.05) is 32.0 Å². The lowest BCUT2D eigenvalue weighted by atomic mass is 10.1. The van der Waals surface area contributed by atoms with Gasteiger partial charge in [-0.2, -0.15) is 0 Å². The van der Waals surface area contributed by atoms with Crippen LogP contribution >= 0.6 is 0 Å². The van der Waals surface area contributed by atoms with Gasteiger partial charge in [-0.3, -0.25) is 19.7 Å². The van der Waals surface area contributed by atoms with Crippen molar-refractivity contribution >= 4 is 29.3 Å². The van der Waals surface area contributed by atoms with E-state index in [2.05, 4.69) is 10.6 Å². The van der Waals surface area contributed by atoms with Gasteiger partial charge in [0.25, 0.3) is 17.5 Å². The number of non-ortho nitro benzene ring substituents is 1. The molecule has 0 radical (unpaired) electrons. The van der Waals surface area contributed by atoms with Crippen LogP contribution < -0.4 is 15.4 Å². The van der Waals surface area contributed by atoms with Crippen molar-refractivity contribution in [2.45, 2.75) is 13.8 Å². The Kier molecular flexibility index (Phi) is 8.12. The minimum Gasteiger partial charge on any atom is -0.493 e. The number of anilines is 1. The van der Waals surface area contributed by atoms with Crippen molar-refractivity contribution in [3.8, 4) is 5.75 Å². The van der Waals surface area contributed by atoms with Crippen LogP contribution in [0.15, 0.2) is 84.6 Å². The number of nitrogens with zero attached hydrogens (tertiary/aromatic N) is 1. The van der Waals surface area contributed by atoms with Crippen LogP contribution in [-0.2, 0) is 4.79 Å². The first-order valence-electron chi connectivity index (χ1n) is 10.7. The normalized spacial score (nSPS) is 11.1. The molecule has 0 saturated heterocycles. The van der Waals surface area contributed by atoms with E-state index in [4.69, 9.17) is 4.74 Å².